The lowest BCUT2D eigenvalue weighted by Crippen LogP contribution is -2.19. The normalized spacial score (nSPS) is 11.8. The molecule has 0 aliphatic heterocycles. The highest BCUT2D eigenvalue weighted by molar-refractivity contribution is 14.1. The molecule has 0 fully saturated rings. The number of rotatable bonds is 9. The van der Waals surface area contributed by atoms with Gasteiger partial charge in [-0.15, -0.1) is 11.3 Å². The van der Waals surface area contributed by atoms with E-state index in [4.69, 9.17) is 21.1 Å². The van der Waals surface area contributed by atoms with Gasteiger partial charge in [0.2, 0.25) is 0 Å². The number of halogens is 2. The van der Waals surface area contributed by atoms with Gasteiger partial charge in [-0.1, -0.05) is 60.2 Å². The van der Waals surface area contributed by atoms with E-state index in [0.29, 0.717) is 33.7 Å². The zero-order chi connectivity index (χ0) is 24.2. The summed E-state index contributed by atoms with van der Waals surface area (Å²) < 4.78 is 35.4. The number of thiazole rings is 1. The average molecular weight is 617 g/mol. The van der Waals surface area contributed by atoms with Crippen LogP contribution in [0.2, 0.25) is 5.02 Å². The van der Waals surface area contributed by atoms with Crippen LogP contribution >= 0.6 is 45.5 Å². The lowest BCUT2D eigenvalue weighted by Gasteiger charge is -2.27. The fourth-order valence-corrected chi connectivity index (χ4v) is 5.37. The van der Waals surface area contributed by atoms with E-state index in [0.717, 1.165) is 21.8 Å². The quantitative estimate of drug-likeness (QED) is 0.223. The van der Waals surface area contributed by atoms with E-state index in [-0.39, 0.29) is 11.6 Å². The van der Waals surface area contributed by atoms with Gasteiger partial charge < -0.3 is 9.47 Å². The molecule has 0 spiro atoms. The van der Waals surface area contributed by atoms with E-state index in [1.807, 2.05) is 36.4 Å². The molecule has 0 saturated heterocycles. The van der Waals surface area contributed by atoms with Crippen LogP contribution in [0.25, 0.3) is 0 Å². The summed E-state index contributed by atoms with van der Waals surface area (Å²) in [5.74, 6) is 1.06. The van der Waals surface area contributed by atoms with Crippen molar-refractivity contribution in [3.05, 3.63) is 68.5 Å². The van der Waals surface area contributed by atoms with Crippen molar-refractivity contribution in [2.75, 3.05) is 17.3 Å². The first kappa shape index (κ1) is 25.7. The molecule has 6 nitrogen and oxygen atoms in total. The maximum Gasteiger partial charge on any atom is 0.193 e. The predicted octanol–water partition coefficient (Wildman–Crippen LogP) is 5.79. The molecular weight excluding hydrogens is 595 g/mol. The average Bonchev–Trinajstić information content (AvgIpc) is 3.26. The number of alkyl halides is 1. The molecule has 0 atom stereocenters. The van der Waals surface area contributed by atoms with Gasteiger partial charge in [-0.3, -0.25) is 0 Å². The second kappa shape index (κ2) is 10.6. The Balaban J connectivity index is 1.77. The van der Waals surface area contributed by atoms with Gasteiger partial charge in [-0.05, 0) is 35.4 Å². The summed E-state index contributed by atoms with van der Waals surface area (Å²) in [6.07, 6.45) is 1.13. The minimum Gasteiger partial charge on any atom is -0.490 e. The molecule has 1 heterocycles. The van der Waals surface area contributed by atoms with Crippen molar-refractivity contribution in [1.29, 1.82) is 5.26 Å². The highest BCUT2D eigenvalue weighted by atomic mass is 127. The maximum atomic E-state index is 11.6. The Hall–Kier alpha value is -1.87. The molecule has 0 unspecified atom stereocenters. The standard InChI is InChI=1S/C23H22ClIN2O4S2/c1-23(2,17-10-15(12-26)22(19(24)11-17)30-9-8-25)16-4-6-18(7-5-16)31-13-20-27-21(14-32-20)33(3,28)29/h4-7,10-11,14H,8-9,13H2,1-3H3. The van der Waals surface area contributed by atoms with Crippen molar-refractivity contribution in [3.8, 4) is 17.6 Å². The van der Waals surface area contributed by atoms with Gasteiger partial charge in [0.15, 0.2) is 20.6 Å². The van der Waals surface area contributed by atoms with Crippen LogP contribution < -0.4 is 9.47 Å². The van der Waals surface area contributed by atoms with Crippen LogP contribution in [0.4, 0.5) is 0 Å². The summed E-state index contributed by atoms with van der Waals surface area (Å²) in [5, 5.41) is 12.2. The highest BCUT2D eigenvalue weighted by Crippen LogP contribution is 2.38. The molecule has 1 aromatic heterocycles. The number of hydrogen-bond donors (Lipinski definition) is 0. The summed E-state index contributed by atoms with van der Waals surface area (Å²) in [6, 6.07) is 13.5. The molecular formula is C23H22ClIN2O4S2. The Labute approximate surface area is 216 Å². The molecule has 33 heavy (non-hydrogen) atoms. The second-order valence-corrected chi connectivity index (χ2v) is 12.2. The smallest absolute Gasteiger partial charge is 0.193 e. The fourth-order valence-electron chi connectivity index (χ4n) is 3.13. The summed E-state index contributed by atoms with van der Waals surface area (Å²) in [6.45, 7) is 4.78. The van der Waals surface area contributed by atoms with E-state index in [2.05, 4.69) is 47.5 Å². The minimum absolute atomic E-state index is 0.0595. The van der Waals surface area contributed by atoms with Crippen LogP contribution in [0.3, 0.4) is 0 Å². The Bertz CT molecular complexity index is 1280. The van der Waals surface area contributed by atoms with E-state index < -0.39 is 15.3 Å². The number of hydrogen-bond acceptors (Lipinski definition) is 7. The van der Waals surface area contributed by atoms with Gasteiger partial charge in [0.1, 0.15) is 23.4 Å². The zero-order valence-corrected chi connectivity index (χ0v) is 22.8. The molecule has 0 aliphatic rings. The first-order chi connectivity index (χ1) is 15.6. The lowest BCUT2D eigenvalue weighted by molar-refractivity contribution is 0.304. The van der Waals surface area contributed by atoms with Crippen molar-refractivity contribution >= 4 is 55.4 Å². The number of nitriles is 1. The summed E-state index contributed by atoms with van der Waals surface area (Å²) in [7, 11) is -3.32. The van der Waals surface area contributed by atoms with E-state index in [9.17, 15) is 13.7 Å². The summed E-state index contributed by atoms with van der Waals surface area (Å²) >= 11 is 9.91. The third kappa shape index (κ3) is 6.18. The van der Waals surface area contributed by atoms with Crippen LogP contribution in [0.5, 0.6) is 11.5 Å². The second-order valence-electron chi connectivity index (χ2n) is 7.77. The van der Waals surface area contributed by atoms with Gasteiger partial charge in [0.05, 0.1) is 17.2 Å². The van der Waals surface area contributed by atoms with Crippen LogP contribution in [0, 0.1) is 11.3 Å². The maximum absolute atomic E-state index is 11.6. The van der Waals surface area contributed by atoms with Gasteiger partial charge in [0.25, 0.3) is 0 Å². The molecule has 0 radical (unpaired) electrons. The number of benzene rings is 2. The van der Waals surface area contributed by atoms with Crippen molar-refractivity contribution in [2.45, 2.75) is 30.9 Å². The van der Waals surface area contributed by atoms with E-state index >= 15 is 0 Å². The largest absolute Gasteiger partial charge is 0.490 e. The van der Waals surface area contributed by atoms with Crippen LogP contribution in [-0.2, 0) is 21.9 Å². The Morgan fingerprint density at radius 3 is 2.45 bits per heavy atom. The third-order valence-corrected chi connectivity index (χ3v) is 7.72. The molecule has 0 amide bonds. The van der Waals surface area contributed by atoms with Crippen molar-refractivity contribution in [2.24, 2.45) is 0 Å². The molecule has 0 N–H and O–H groups in total. The number of aromatic nitrogens is 1. The number of nitrogens with zero attached hydrogens (tertiary/aromatic N) is 2. The Morgan fingerprint density at radius 2 is 1.88 bits per heavy atom. The molecule has 174 valence electrons. The van der Waals surface area contributed by atoms with E-state index in [1.165, 1.54) is 16.7 Å². The van der Waals surface area contributed by atoms with Crippen molar-refractivity contribution in [1.82, 2.24) is 4.98 Å². The minimum atomic E-state index is -3.32. The number of ether oxygens (including phenoxy) is 2. The molecule has 3 rings (SSSR count). The highest BCUT2D eigenvalue weighted by Gasteiger charge is 2.26. The lowest BCUT2D eigenvalue weighted by atomic mass is 9.77. The molecule has 0 bridgehead atoms. The first-order valence-corrected chi connectivity index (χ1v) is 14.5. The SMILES string of the molecule is CC(C)(c1ccc(OCc2nc(S(C)(=O)=O)cs2)cc1)c1cc(Cl)c(OCCI)c(C#N)c1. The zero-order valence-electron chi connectivity index (χ0n) is 18.3. The molecule has 2 aromatic carbocycles. The summed E-state index contributed by atoms with van der Waals surface area (Å²) in [4.78, 5) is 4.10. The topological polar surface area (TPSA) is 89.3 Å². The van der Waals surface area contributed by atoms with Crippen LogP contribution in [-0.4, -0.2) is 30.7 Å². The Morgan fingerprint density at radius 1 is 1.18 bits per heavy atom. The monoisotopic (exact) mass is 616 g/mol. The molecule has 0 aliphatic carbocycles. The third-order valence-electron chi connectivity index (χ3n) is 5.06. The first-order valence-electron chi connectivity index (χ1n) is 9.87. The van der Waals surface area contributed by atoms with Crippen molar-refractivity contribution < 1.29 is 17.9 Å². The van der Waals surface area contributed by atoms with Crippen LogP contribution in [0.1, 0.15) is 35.5 Å². The predicted molar refractivity (Wildman–Crippen MR) is 139 cm³/mol. The molecule has 3 aromatic rings. The van der Waals surface area contributed by atoms with Gasteiger partial charge in [-0.25, -0.2) is 13.4 Å². The number of sulfone groups is 1. The molecule has 10 heteroatoms. The Kier molecular flexibility index (Phi) is 8.26. The summed E-state index contributed by atoms with van der Waals surface area (Å²) in [5.41, 5.74) is 1.90. The fraction of sp³-hybridized carbons (Fsp3) is 0.304. The molecule has 0 saturated carbocycles. The van der Waals surface area contributed by atoms with Crippen LogP contribution in [0.15, 0.2) is 46.8 Å². The van der Waals surface area contributed by atoms with Gasteiger partial charge >= 0.3 is 0 Å². The van der Waals surface area contributed by atoms with Crippen molar-refractivity contribution in [3.63, 3.8) is 0 Å². The van der Waals surface area contributed by atoms with Gasteiger partial charge in [0, 0.05) is 21.5 Å². The van der Waals surface area contributed by atoms with E-state index in [1.54, 1.807) is 0 Å². The van der Waals surface area contributed by atoms with Gasteiger partial charge in [-0.2, -0.15) is 5.26 Å².